The number of rotatable bonds is 2. The van der Waals surface area contributed by atoms with Crippen LogP contribution in [0.4, 0.5) is 10.1 Å². The second-order valence-corrected chi connectivity index (χ2v) is 6.42. The van der Waals surface area contributed by atoms with Crippen molar-refractivity contribution >= 4 is 5.69 Å². The zero-order chi connectivity index (χ0) is 14.4. The van der Waals surface area contributed by atoms with Crippen molar-refractivity contribution in [2.24, 2.45) is 17.6 Å². The SMILES string of the molecule is Cc1cc(N2CC3CCC(O)C3C2)c([C@@H](C)N)cc1F. The van der Waals surface area contributed by atoms with Gasteiger partial charge in [0.1, 0.15) is 5.82 Å². The Morgan fingerprint density at radius 2 is 2.10 bits per heavy atom. The number of aliphatic hydroxyl groups excluding tert-OH is 1. The fourth-order valence-corrected chi connectivity index (χ4v) is 3.75. The minimum atomic E-state index is -0.194. The molecule has 1 aromatic rings. The molecule has 0 aromatic heterocycles. The third-order valence-electron chi connectivity index (χ3n) is 4.96. The highest BCUT2D eigenvalue weighted by atomic mass is 19.1. The molecule has 1 aromatic carbocycles. The molecule has 0 amide bonds. The molecule has 3 N–H and O–H groups in total. The van der Waals surface area contributed by atoms with Gasteiger partial charge in [0.15, 0.2) is 0 Å². The van der Waals surface area contributed by atoms with Crippen molar-refractivity contribution < 1.29 is 9.50 Å². The molecule has 2 fully saturated rings. The molecule has 1 saturated carbocycles. The number of hydrogen-bond donors (Lipinski definition) is 2. The van der Waals surface area contributed by atoms with Gasteiger partial charge >= 0.3 is 0 Å². The summed E-state index contributed by atoms with van der Waals surface area (Å²) in [5.41, 5.74) is 8.56. The van der Waals surface area contributed by atoms with Crippen LogP contribution in [-0.4, -0.2) is 24.3 Å². The van der Waals surface area contributed by atoms with Crippen molar-refractivity contribution in [1.29, 1.82) is 0 Å². The first-order valence-corrected chi connectivity index (χ1v) is 7.46. The second-order valence-electron chi connectivity index (χ2n) is 6.42. The molecule has 110 valence electrons. The molecule has 1 aliphatic heterocycles. The number of nitrogens with zero attached hydrogens (tertiary/aromatic N) is 1. The van der Waals surface area contributed by atoms with E-state index in [2.05, 4.69) is 4.90 Å². The first-order chi connectivity index (χ1) is 9.47. The minimum Gasteiger partial charge on any atom is -0.393 e. The normalized spacial score (nSPS) is 30.6. The summed E-state index contributed by atoms with van der Waals surface area (Å²) in [7, 11) is 0. The van der Waals surface area contributed by atoms with Crippen molar-refractivity contribution in [3.8, 4) is 0 Å². The number of fused-ring (bicyclic) bond motifs is 1. The average molecular weight is 278 g/mol. The number of anilines is 1. The maximum absolute atomic E-state index is 13.8. The number of aliphatic hydroxyl groups is 1. The summed E-state index contributed by atoms with van der Waals surface area (Å²) in [5.74, 6) is 0.734. The predicted octanol–water partition coefficient (Wildman–Crippen LogP) is 2.36. The molecule has 1 heterocycles. The van der Waals surface area contributed by atoms with Crippen molar-refractivity contribution in [2.45, 2.75) is 38.8 Å². The van der Waals surface area contributed by atoms with Gasteiger partial charge in [0.25, 0.3) is 0 Å². The zero-order valence-electron chi connectivity index (χ0n) is 12.1. The molecule has 3 nitrogen and oxygen atoms in total. The van der Waals surface area contributed by atoms with Gasteiger partial charge in [0, 0.05) is 30.7 Å². The van der Waals surface area contributed by atoms with Crippen LogP contribution in [0.5, 0.6) is 0 Å². The Hall–Kier alpha value is -1.13. The zero-order valence-corrected chi connectivity index (χ0v) is 12.1. The predicted molar refractivity (Wildman–Crippen MR) is 78.2 cm³/mol. The molecule has 1 saturated heterocycles. The maximum atomic E-state index is 13.8. The first-order valence-electron chi connectivity index (χ1n) is 7.46. The molecule has 0 bridgehead atoms. The highest BCUT2D eigenvalue weighted by Crippen LogP contribution is 2.41. The fraction of sp³-hybridized carbons (Fsp3) is 0.625. The van der Waals surface area contributed by atoms with E-state index in [0.29, 0.717) is 17.4 Å². The van der Waals surface area contributed by atoms with Gasteiger partial charge in [-0.2, -0.15) is 0 Å². The number of halogens is 1. The number of benzene rings is 1. The summed E-state index contributed by atoms with van der Waals surface area (Å²) >= 11 is 0. The van der Waals surface area contributed by atoms with Crippen LogP contribution in [0, 0.1) is 24.6 Å². The Morgan fingerprint density at radius 3 is 2.75 bits per heavy atom. The molecule has 20 heavy (non-hydrogen) atoms. The highest BCUT2D eigenvalue weighted by molar-refractivity contribution is 5.58. The molecular formula is C16H23FN2O. The molecular weight excluding hydrogens is 255 g/mol. The lowest BCUT2D eigenvalue weighted by molar-refractivity contribution is 0.133. The minimum absolute atomic E-state index is 0.176. The molecule has 0 radical (unpaired) electrons. The van der Waals surface area contributed by atoms with E-state index in [1.807, 2.05) is 13.0 Å². The molecule has 0 spiro atoms. The number of hydrogen-bond acceptors (Lipinski definition) is 3. The van der Waals surface area contributed by atoms with Crippen molar-refractivity contribution in [3.05, 3.63) is 29.1 Å². The monoisotopic (exact) mass is 278 g/mol. The van der Waals surface area contributed by atoms with Crippen LogP contribution < -0.4 is 10.6 Å². The van der Waals surface area contributed by atoms with Crippen molar-refractivity contribution in [1.82, 2.24) is 0 Å². The smallest absolute Gasteiger partial charge is 0.126 e. The van der Waals surface area contributed by atoms with Crippen LogP contribution in [0.1, 0.15) is 36.9 Å². The quantitative estimate of drug-likeness (QED) is 0.873. The lowest BCUT2D eigenvalue weighted by Crippen LogP contribution is -2.26. The summed E-state index contributed by atoms with van der Waals surface area (Å²) < 4.78 is 13.8. The topological polar surface area (TPSA) is 49.5 Å². The van der Waals surface area contributed by atoms with E-state index < -0.39 is 0 Å². The van der Waals surface area contributed by atoms with Crippen LogP contribution in [-0.2, 0) is 0 Å². The largest absolute Gasteiger partial charge is 0.393 e. The molecule has 4 atom stereocenters. The van der Waals surface area contributed by atoms with Crippen LogP contribution in [0.3, 0.4) is 0 Å². The van der Waals surface area contributed by atoms with Gasteiger partial charge in [0.2, 0.25) is 0 Å². The van der Waals surface area contributed by atoms with E-state index in [-0.39, 0.29) is 18.0 Å². The van der Waals surface area contributed by atoms with Crippen molar-refractivity contribution in [3.63, 3.8) is 0 Å². The summed E-state index contributed by atoms with van der Waals surface area (Å²) in [6.45, 7) is 5.48. The van der Waals surface area contributed by atoms with E-state index in [4.69, 9.17) is 5.73 Å². The maximum Gasteiger partial charge on any atom is 0.126 e. The van der Waals surface area contributed by atoms with Gasteiger partial charge in [0.05, 0.1) is 6.10 Å². The summed E-state index contributed by atoms with van der Waals surface area (Å²) in [6, 6.07) is 3.28. The fourth-order valence-electron chi connectivity index (χ4n) is 3.75. The Morgan fingerprint density at radius 1 is 1.35 bits per heavy atom. The lowest BCUT2D eigenvalue weighted by atomic mass is 10.00. The average Bonchev–Trinajstić information content (AvgIpc) is 2.95. The van der Waals surface area contributed by atoms with Gasteiger partial charge in [-0.15, -0.1) is 0 Å². The lowest BCUT2D eigenvalue weighted by Gasteiger charge is -2.25. The second kappa shape index (κ2) is 5.01. The molecule has 2 aliphatic rings. The molecule has 3 unspecified atom stereocenters. The molecule has 1 aliphatic carbocycles. The Kier molecular flexibility index (Phi) is 3.46. The van der Waals surface area contributed by atoms with Gasteiger partial charge in [-0.1, -0.05) is 0 Å². The first kappa shape index (κ1) is 13.8. The third-order valence-corrected chi connectivity index (χ3v) is 4.96. The van der Waals surface area contributed by atoms with E-state index >= 15 is 0 Å². The third kappa shape index (κ3) is 2.21. The Balaban J connectivity index is 1.93. The number of nitrogens with two attached hydrogens (primary N) is 1. The van der Waals surface area contributed by atoms with Gasteiger partial charge in [-0.25, -0.2) is 4.39 Å². The molecule has 4 heteroatoms. The van der Waals surface area contributed by atoms with E-state index in [1.54, 1.807) is 13.0 Å². The summed E-state index contributed by atoms with van der Waals surface area (Å²) in [5, 5.41) is 10.0. The standard InChI is InChI=1S/C16H23FN2O/c1-9-5-15(12(10(2)18)6-14(9)17)19-7-11-3-4-16(20)13(11)8-19/h5-6,10-11,13,16,20H,3-4,7-8,18H2,1-2H3/t10-,11?,13?,16?/m1/s1. The molecule has 3 rings (SSSR count). The van der Waals surface area contributed by atoms with E-state index in [1.165, 1.54) is 0 Å². The van der Waals surface area contributed by atoms with Gasteiger partial charge in [-0.3, -0.25) is 0 Å². The van der Waals surface area contributed by atoms with Crippen LogP contribution in [0.15, 0.2) is 12.1 Å². The van der Waals surface area contributed by atoms with E-state index in [9.17, 15) is 9.50 Å². The highest BCUT2D eigenvalue weighted by Gasteiger charge is 2.42. The summed E-state index contributed by atoms with van der Waals surface area (Å²) in [6.07, 6.45) is 1.84. The van der Waals surface area contributed by atoms with E-state index in [0.717, 1.165) is 37.2 Å². The van der Waals surface area contributed by atoms with Crippen LogP contribution >= 0.6 is 0 Å². The van der Waals surface area contributed by atoms with Crippen LogP contribution in [0.2, 0.25) is 0 Å². The van der Waals surface area contributed by atoms with Crippen molar-refractivity contribution in [2.75, 3.05) is 18.0 Å². The Bertz CT molecular complexity index is 517. The summed E-state index contributed by atoms with van der Waals surface area (Å²) in [4.78, 5) is 2.28. The van der Waals surface area contributed by atoms with Gasteiger partial charge in [-0.05, 0) is 55.9 Å². The number of aryl methyl sites for hydroxylation is 1. The van der Waals surface area contributed by atoms with Crippen LogP contribution in [0.25, 0.3) is 0 Å². The van der Waals surface area contributed by atoms with Gasteiger partial charge < -0.3 is 15.7 Å². The Labute approximate surface area is 119 Å².